The van der Waals surface area contributed by atoms with Crippen molar-refractivity contribution >= 4 is 12.2 Å². The molecule has 0 aromatic rings. The summed E-state index contributed by atoms with van der Waals surface area (Å²) in [4.78, 5) is 26.6. The number of hydrogen-bond acceptors (Lipinski definition) is 5. The van der Waals surface area contributed by atoms with Crippen LogP contribution in [-0.2, 0) is 9.47 Å². The Morgan fingerprint density at radius 2 is 1.34 bits per heavy atom. The van der Waals surface area contributed by atoms with Gasteiger partial charge in [0.05, 0.1) is 0 Å². The number of likely N-dealkylation sites (tertiary alicyclic amines) is 2. The number of carbonyl (C=O) groups excluding carboxylic acids is 2. The van der Waals surface area contributed by atoms with E-state index in [-0.39, 0.29) is 45.3 Å². The molecule has 174 valence electrons. The number of nitrogens with zero attached hydrogens (tertiary/aromatic N) is 2. The van der Waals surface area contributed by atoms with Crippen LogP contribution in [0.5, 0.6) is 0 Å². The van der Waals surface area contributed by atoms with Crippen molar-refractivity contribution in [1.29, 1.82) is 0 Å². The lowest BCUT2D eigenvalue weighted by atomic mass is 10.1. The van der Waals surface area contributed by atoms with Gasteiger partial charge in [0.1, 0.15) is 11.2 Å². The first-order valence-corrected chi connectivity index (χ1v) is 10.0. The molecule has 0 bridgehead atoms. The van der Waals surface area contributed by atoms with E-state index in [0.29, 0.717) is 6.42 Å². The predicted molar refractivity (Wildman–Crippen MR) is 118 cm³/mol. The molecule has 2 fully saturated rings. The molecule has 0 aromatic heterocycles. The monoisotopic (exact) mass is 418 g/mol. The molecular weight excluding hydrogens is 372 g/mol. The Hall–Kier alpha value is -1.50. The Morgan fingerprint density at radius 3 is 1.79 bits per heavy atom. The number of aliphatic hydroxyl groups is 1. The predicted octanol–water partition coefficient (Wildman–Crippen LogP) is 5.06. The number of amides is 2. The van der Waals surface area contributed by atoms with Crippen LogP contribution in [0.15, 0.2) is 0 Å². The second-order valence-electron chi connectivity index (χ2n) is 9.16. The summed E-state index contributed by atoms with van der Waals surface area (Å²) in [5.41, 5.74) is -0.802. The van der Waals surface area contributed by atoms with Gasteiger partial charge in [-0.05, 0) is 73.6 Å². The van der Waals surface area contributed by atoms with E-state index in [2.05, 4.69) is 0 Å². The van der Waals surface area contributed by atoms with Crippen LogP contribution in [0, 0.1) is 0 Å². The van der Waals surface area contributed by atoms with Gasteiger partial charge in [0.15, 0.2) is 0 Å². The fourth-order valence-electron chi connectivity index (χ4n) is 3.07. The Balaban J connectivity index is 0. The van der Waals surface area contributed by atoms with E-state index in [9.17, 15) is 9.59 Å². The van der Waals surface area contributed by atoms with E-state index in [4.69, 9.17) is 14.6 Å². The molecule has 7 nitrogen and oxygen atoms in total. The van der Waals surface area contributed by atoms with Crippen molar-refractivity contribution in [3.8, 4) is 0 Å². The lowest BCUT2D eigenvalue weighted by Crippen LogP contribution is -2.40. The van der Waals surface area contributed by atoms with Gasteiger partial charge in [-0.1, -0.05) is 14.9 Å². The molecule has 2 saturated heterocycles. The van der Waals surface area contributed by atoms with Gasteiger partial charge >= 0.3 is 12.2 Å². The molecule has 2 aliphatic rings. The fraction of sp³-hybridized carbons (Fsp3) is 0.909. The molecule has 29 heavy (non-hydrogen) atoms. The number of hydrogen-bond donors (Lipinski definition) is 1. The normalized spacial score (nSPS) is 18.8. The Labute approximate surface area is 178 Å². The zero-order valence-electron chi connectivity index (χ0n) is 17.9. The van der Waals surface area contributed by atoms with Crippen LogP contribution < -0.4 is 0 Å². The van der Waals surface area contributed by atoms with Crippen molar-refractivity contribution < 1.29 is 24.2 Å². The van der Waals surface area contributed by atoms with Gasteiger partial charge in [0.25, 0.3) is 0 Å². The van der Waals surface area contributed by atoms with E-state index in [0.717, 1.165) is 45.3 Å². The first kappa shape index (κ1) is 29.7. The largest absolute Gasteiger partial charge is 0.444 e. The van der Waals surface area contributed by atoms with Gasteiger partial charge in [0, 0.05) is 32.3 Å². The maximum Gasteiger partial charge on any atom is 0.410 e. The van der Waals surface area contributed by atoms with Crippen molar-refractivity contribution in [2.75, 3.05) is 26.2 Å². The highest BCUT2D eigenvalue weighted by Crippen LogP contribution is 2.22. The summed E-state index contributed by atoms with van der Waals surface area (Å²) in [5.74, 6) is 0. The molecule has 0 aromatic carbocycles. The van der Waals surface area contributed by atoms with Crippen LogP contribution in [0.2, 0.25) is 0 Å². The lowest BCUT2D eigenvalue weighted by molar-refractivity contribution is 0.0208. The summed E-state index contributed by atoms with van der Waals surface area (Å²) in [5, 5.41) is 8.88. The number of rotatable bonds is 2. The second kappa shape index (κ2) is 12.9. The van der Waals surface area contributed by atoms with Crippen LogP contribution in [0.4, 0.5) is 9.59 Å². The van der Waals surface area contributed by atoms with Crippen molar-refractivity contribution in [2.24, 2.45) is 0 Å². The molecule has 2 aliphatic heterocycles. The van der Waals surface area contributed by atoms with Crippen LogP contribution in [0.1, 0.15) is 88.5 Å². The highest BCUT2D eigenvalue weighted by molar-refractivity contribution is 5.69. The molecular formula is C22H46N2O5. The van der Waals surface area contributed by atoms with E-state index in [1.54, 1.807) is 9.80 Å². The van der Waals surface area contributed by atoms with Crippen molar-refractivity contribution in [3.63, 3.8) is 0 Å². The fourth-order valence-corrected chi connectivity index (χ4v) is 3.07. The molecule has 0 unspecified atom stereocenters. The Bertz CT molecular complexity index is 477. The number of ether oxygens (including phenoxy) is 2. The summed E-state index contributed by atoms with van der Waals surface area (Å²) >= 11 is 0. The van der Waals surface area contributed by atoms with Crippen molar-refractivity contribution in [1.82, 2.24) is 9.80 Å². The van der Waals surface area contributed by atoms with Crippen LogP contribution in [0.3, 0.4) is 0 Å². The zero-order chi connectivity index (χ0) is 20.7. The third-order valence-corrected chi connectivity index (χ3v) is 4.23. The first-order chi connectivity index (χ1) is 12.4. The van der Waals surface area contributed by atoms with Gasteiger partial charge in [-0.15, -0.1) is 0 Å². The van der Waals surface area contributed by atoms with Crippen LogP contribution >= 0.6 is 0 Å². The Morgan fingerprint density at radius 1 is 0.862 bits per heavy atom. The van der Waals surface area contributed by atoms with Crippen LogP contribution in [-0.4, -0.2) is 70.6 Å². The van der Waals surface area contributed by atoms with Crippen molar-refractivity contribution in [2.45, 2.75) is 106 Å². The second-order valence-corrected chi connectivity index (χ2v) is 9.16. The molecule has 2 rings (SSSR count). The highest BCUT2D eigenvalue weighted by Gasteiger charge is 2.31. The average Bonchev–Trinajstić information content (AvgIpc) is 3.16. The standard InChI is InChI=1S/C11H21NO3.C9H17NO2.2CH4/c1-11(2,3)15-10(14)12-7-4-5-9(12)6-8-13;1-9(2,3)12-8(11)10-6-4-5-7-10;;/h9,13H,4-8H2,1-3H3;4-7H2,1-3H3;2*1H4/t9-;;;/m1.../s1. The van der Waals surface area contributed by atoms with Crippen LogP contribution in [0.25, 0.3) is 0 Å². The molecule has 0 saturated carbocycles. The quantitative estimate of drug-likeness (QED) is 0.678. The lowest BCUT2D eigenvalue weighted by Gasteiger charge is -2.28. The number of carbonyl (C=O) groups is 2. The van der Waals surface area contributed by atoms with Gasteiger partial charge < -0.3 is 24.4 Å². The molecule has 1 N–H and O–H groups in total. The van der Waals surface area contributed by atoms with Gasteiger partial charge in [-0.2, -0.15) is 0 Å². The Kier molecular flexibility index (Phi) is 13.2. The maximum absolute atomic E-state index is 11.8. The topological polar surface area (TPSA) is 79.3 Å². The maximum atomic E-state index is 11.8. The zero-order valence-corrected chi connectivity index (χ0v) is 17.9. The SMILES string of the molecule is C.C.CC(C)(C)OC(=O)N1CCCC1.CC(C)(C)OC(=O)N1CCC[C@@H]1CCO. The van der Waals surface area contributed by atoms with E-state index in [1.165, 1.54) is 0 Å². The average molecular weight is 419 g/mol. The minimum absolute atomic E-state index is 0. The molecule has 0 aliphatic carbocycles. The highest BCUT2D eigenvalue weighted by atomic mass is 16.6. The van der Waals surface area contributed by atoms with E-state index >= 15 is 0 Å². The molecule has 2 heterocycles. The number of aliphatic hydroxyl groups excluding tert-OH is 1. The minimum Gasteiger partial charge on any atom is -0.444 e. The third kappa shape index (κ3) is 11.9. The summed E-state index contributed by atoms with van der Waals surface area (Å²) in [6, 6.07) is 0.157. The molecule has 0 spiro atoms. The third-order valence-electron chi connectivity index (χ3n) is 4.23. The summed E-state index contributed by atoms with van der Waals surface area (Å²) < 4.78 is 10.5. The molecule has 2 amide bonds. The first-order valence-electron chi connectivity index (χ1n) is 10.0. The van der Waals surface area contributed by atoms with Gasteiger partial charge in [-0.3, -0.25) is 0 Å². The van der Waals surface area contributed by atoms with Crippen molar-refractivity contribution in [3.05, 3.63) is 0 Å². The molecule has 7 heteroatoms. The summed E-state index contributed by atoms with van der Waals surface area (Å²) in [6.07, 6.45) is 4.43. The molecule has 1 atom stereocenters. The summed E-state index contributed by atoms with van der Waals surface area (Å²) in [6.45, 7) is 13.8. The molecule has 0 radical (unpaired) electrons. The smallest absolute Gasteiger partial charge is 0.410 e. The van der Waals surface area contributed by atoms with Gasteiger partial charge in [-0.25, -0.2) is 9.59 Å². The van der Waals surface area contributed by atoms with E-state index in [1.807, 2.05) is 41.5 Å². The van der Waals surface area contributed by atoms with Gasteiger partial charge in [0.2, 0.25) is 0 Å². The van der Waals surface area contributed by atoms with E-state index < -0.39 is 5.60 Å². The summed E-state index contributed by atoms with van der Waals surface area (Å²) in [7, 11) is 0. The minimum atomic E-state index is -0.441.